The Morgan fingerprint density at radius 3 is 3.00 bits per heavy atom. The van der Waals surface area contributed by atoms with E-state index in [-0.39, 0.29) is 0 Å². The summed E-state index contributed by atoms with van der Waals surface area (Å²) < 4.78 is 0. The first-order chi connectivity index (χ1) is 8.75. The van der Waals surface area contributed by atoms with Crippen LogP contribution >= 0.6 is 0 Å². The molecule has 0 radical (unpaired) electrons. The lowest BCUT2D eigenvalue weighted by molar-refractivity contribution is 0.389. The summed E-state index contributed by atoms with van der Waals surface area (Å²) in [6.45, 7) is 8.15. The summed E-state index contributed by atoms with van der Waals surface area (Å²) in [5.74, 6) is 0.827. The van der Waals surface area contributed by atoms with Crippen molar-refractivity contribution in [2.24, 2.45) is 5.92 Å². The van der Waals surface area contributed by atoms with Gasteiger partial charge in [-0.3, -0.25) is 0 Å². The Morgan fingerprint density at radius 2 is 2.11 bits per heavy atom. The summed E-state index contributed by atoms with van der Waals surface area (Å²) in [5.41, 5.74) is 4.58. The molecular weight excluding hydrogens is 220 g/mol. The zero-order chi connectivity index (χ0) is 12.5. The third-order valence-electron chi connectivity index (χ3n) is 4.55. The van der Waals surface area contributed by atoms with Gasteiger partial charge in [-0.25, -0.2) is 0 Å². The smallest absolute Gasteiger partial charge is 0.0417 e. The van der Waals surface area contributed by atoms with E-state index < -0.39 is 0 Å². The molecule has 1 N–H and O–H groups in total. The van der Waals surface area contributed by atoms with Crippen LogP contribution in [0.2, 0.25) is 0 Å². The maximum Gasteiger partial charge on any atom is 0.0417 e. The van der Waals surface area contributed by atoms with Crippen LogP contribution in [-0.4, -0.2) is 19.1 Å². The Balaban J connectivity index is 1.95. The minimum atomic E-state index is 0.689. The zero-order valence-electron chi connectivity index (χ0n) is 11.6. The minimum Gasteiger partial charge on any atom is -0.368 e. The summed E-state index contributed by atoms with van der Waals surface area (Å²) in [7, 11) is 0. The van der Waals surface area contributed by atoms with Gasteiger partial charge in [0.15, 0.2) is 0 Å². The van der Waals surface area contributed by atoms with Crippen molar-refractivity contribution < 1.29 is 0 Å². The maximum atomic E-state index is 3.52. The molecule has 3 rings (SSSR count). The highest BCUT2D eigenvalue weighted by Gasteiger charge is 2.25. The molecule has 0 saturated carbocycles. The molecule has 1 saturated heterocycles. The van der Waals surface area contributed by atoms with Gasteiger partial charge in [-0.15, -0.1) is 0 Å². The molecule has 2 heterocycles. The Hall–Kier alpha value is -1.02. The third kappa shape index (κ3) is 2.14. The summed E-state index contributed by atoms with van der Waals surface area (Å²) in [4.78, 5) is 2.64. The second-order valence-corrected chi connectivity index (χ2v) is 6.03. The van der Waals surface area contributed by atoms with Crippen LogP contribution in [0.15, 0.2) is 18.2 Å². The standard InChI is InChI=1S/C16H24N2/c1-12-6-7-13(2)18(11-12)16-5-3-4-14-8-9-17-10-15(14)16/h3-5,12-13,17H,6-11H2,1-2H3. The lowest BCUT2D eigenvalue weighted by Gasteiger charge is -2.40. The fourth-order valence-corrected chi connectivity index (χ4v) is 3.39. The topological polar surface area (TPSA) is 15.3 Å². The number of piperidine rings is 1. The van der Waals surface area contributed by atoms with E-state index in [1.54, 1.807) is 11.1 Å². The summed E-state index contributed by atoms with van der Waals surface area (Å²) in [6.07, 6.45) is 3.89. The van der Waals surface area contributed by atoms with Gasteiger partial charge in [-0.2, -0.15) is 0 Å². The predicted molar refractivity (Wildman–Crippen MR) is 77.1 cm³/mol. The Morgan fingerprint density at radius 1 is 1.22 bits per heavy atom. The molecule has 2 aliphatic rings. The van der Waals surface area contributed by atoms with Crippen molar-refractivity contribution in [1.29, 1.82) is 0 Å². The summed E-state index contributed by atoms with van der Waals surface area (Å²) in [6, 6.07) is 7.55. The number of nitrogens with zero attached hydrogens (tertiary/aromatic N) is 1. The Bertz CT molecular complexity index is 427. The largest absolute Gasteiger partial charge is 0.368 e. The molecule has 0 aliphatic carbocycles. The molecule has 0 aromatic heterocycles. The molecule has 1 fully saturated rings. The van der Waals surface area contributed by atoms with Crippen molar-refractivity contribution in [3.63, 3.8) is 0 Å². The minimum absolute atomic E-state index is 0.689. The van der Waals surface area contributed by atoms with Crippen LogP contribution in [0.4, 0.5) is 5.69 Å². The lowest BCUT2D eigenvalue weighted by Crippen LogP contribution is -2.42. The second-order valence-electron chi connectivity index (χ2n) is 6.03. The molecule has 0 amide bonds. The van der Waals surface area contributed by atoms with Gasteiger partial charge in [0.1, 0.15) is 0 Å². The number of benzene rings is 1. The van der Waals surface area contributed by atoms with Crippen LogP contribution < -0.4 is 10.2 Å². The van der Waals surface area contributed by atoms with Crippen LogP contribution in [-0.2, 0) is 13.0 Å². The molecule has 2 unspecified atom stereocenters. The molecule has 0 bridgehead atoms. The highest BCUT2D eigenvalue weighted by molar-refractivity contribution is 5.58. The zero-order valence-corrected chi connectivity index (χ0v) is 11.6. The molecule has 2 atom stereocenters. The van der Waals surface area contributed by atoms with Gasteiger partial charge in [0.05, 0.1) is 0 Å². The highest BCUT2D eigenvalue weighted by atomic mass is 15.2. The van der Waals surface area contributed by atoms with Crippen LogP contribution in [0, 0.1) is 5.92 Å². The van der Waals surface area contributed by atoms with Gasteiger partial charge in [-0.05, 0) is 55.8 Å². The van der Waals surface area contributed by atoms with Crippen molar-refractivity contribution in [3.8, 4) is 0 Å². The predicted octanol–water partition coefficient (Wildman–Crippen LogP) is 2.96. The first kappa shape index (κ1) is 12.0. The van der Waals surface area contributed by atoms with Gasteiger partial charge >= 0.3 is 0 Å². The molecule has 18 heavy (non-hydrogen) atoms. The SMILES string of the molecule is CC1CCC(C)N(c2cccc3c2CNCC3)C1. The van der Waals surface area contributed by atoms with E-state index in [2.05, 4.69) is 42.3 Å². The quantitative estimate of drug-likeness (QED) is 0.817. The fourth-order valence-electron chi connectivity index (χ4n) is 3.39. The third-order valence-corrected chi connectivity index (χ3v) is 4.55. The Kier molecular flexibility index (Phi) is 3.29. The first-order valence-corrected chi connectivity index (χ1v) is 7.34. The molecule has 0 spiro atoms. The van der Waals surface area contributed by atoms with E-state index in [1.165, 1.54) is 31.5 Å². The van der Waals surface area contributed by atoms with E-state index in [4.69, 9.17) is 0 Å². The normalized spacial score (nSPS) is 28.0. The molecule has 98 valence electrons. The number of anilines is 1. The van der Waals surface area contributed by atoms with E-state index in [9.17, 15) is 0 Å². The number of rotatable bonds is 1. The lowest BCUT2D eigenvalue weighted by atomic mass is 9.92. The highest BCUT2D eigenvalue weighted by Crippen LogP contribution is 2.32. The molecule has 1 aromatic rings. The van der Waals surface area contributed by atoms with E-state index >= 15 is 0 Å². The van der Waals surface area contributed by atoms with Crippen LogP contribution in [0.1, 0.15) is 37.8 Å². The van der Waals surface area contributed by atoms with Gasteiger partial charge in [0, 0.05) is 24.8 Å². The number of hydrogen-bond donors (Lipinski definition) is 1. The van der Waals surface area contributed by atoms with Gasteiger partial charge < -0.3 is 10.2 Å². The molecular formula is C16H24N2. The molecule has 2 aliphatic heterocycles. The van der Waals surface area contributed by atoms with Crippen molar-refractivity contribution >= 4 is 5.69 Å². The number of nitrogens with one attached hydrogen (secondary N) is 1. The van der Waals surface area contributed by atoms with Gasteiger partial charge in [0.2, 0.25) is 0 Å². The average molecular weight is 244 g/mol. The molecule has 2 nitrogen and oxygen atoms in total. The van der Waals surface area contributed by atoms with Crippen LogP contribution in [0.25, 0.3) is 0 Å². The monoisotopic (exact) mass is 244 g/mol. The van der Waals surface area contributed by atoms with Crippen molar-refractivity contribution in [2.75, 3.05) is 18.0 Å². The summed E-state index contributed by atoms with van der Waals surface area (Å²) in [5, 5.41) is 3.52. The van der Waals surface area contributed by atoms with Crippen LogP contribution in [0.5, 0.6) is 0 Å². The van der Waals surface area contributed by atoms with Crippen LogP contribution in [0.3, 0.4) is 0 Å². The van der Waals surface area contributed by atoms with Gasteiger partial charge in [-0.1, -0.05) is 19.1 Å². The van der Waals surface area contributed by atoms with Gasteiger partial charge in [0.25, 0.3) is 0 Å². The fraction of sp³-hybridized carbons (Fsp3) is 0.625. The summed E-state index contributed by atoms with van der Waals surface area (Å²) >= 11 is 0. The maximum absolute atomic E-state index is 3.52. The first-order valence-electron chi connectivity index (χ1n) is 7.34. The van der Waals surface area contributed by atoms with Crippen molar-refractivity contribution in [1.82, 2.24) is 5.32 Å². The average Bonchev–Trinajstić information content (AvgIpc) is 2.41. The Labute approximate surface area is 110 Å². The van der Waals surface area contributed by atoms with Crippen molar-refractivity contribution in [3.05, 3.63) is 29.3 Å². The second kappa shape index (κ2) is 4.93. The van der Waals surface area contributed by atoms with E-state index in [0.717, 1.165) is 19.0 Å². The van der Waals surface area contributed by atoms with E-state index in [1.807, 2.05) is 0 Å². The van der Waals surface area contributed by atoms with E-state index in [0.29, 0.717) is 6.04 Å². The molecule has 2 heteroatoms. The van der Waals surface area contributed by atoms with Crippen molar-refractivity contribution in [2.45, 2.75) is 45.7 Å². The number of hydrogen-bond acceptors (Lipinski definition) is 2. The number of fused-ring (bicyclic) bond motifs is 1. The molecule has 1 aromatic carbocycles.